The number of rotatable bonds is 15. The SMILES string of the molecule is O=C(CCC(=O)N1Cc2ccccc2C#Cc2ccccc21)NCCOCCOCCCCCCCl. The van der Waals surface area contributed by atoms with Gasteiger partial charge < -0.3 is 19.7 Å². The maximum atomic E-state index is 13.2. The van der Waals surface area contributed by atoms with Crippen molar-refractivity contribution in [2.24, 2.45) is 0 Å². The molecule has 0 spiro atoms. The quantitative estimate of drug-likeness (QED) is 0.215. The predicted molar refractivity (Wildman–Crippen MR) is 143 cm³/mol. The first kappa shape index (κ1) is 27.7. The Morgan fingerprint density at radius 2 is 1.53 bits per heavy atom. The number of fused-ring (bicyclic) bond motifs is 2. The van der Waals surface area contributed by atoms with Crippen LogP contribution in [0, 0.1) is 11.8 Å². The van der Waals surface area contributed by atoms with Crippen molar-refractivity contribution in [3.05, 3.63) is 65.2 Å². The number of hydrogen-bond acceptors (Lipinski definition) is 4. The molecule has 0 aromatic heterocycles. The van der Waals surface area contributed by atoms with Gasteiger partial charge in [-0.1, -0.05) is 55.0 Å². The third kappa shape index (κ3) is 9.31. The van der Waals surface area contributed by atoms with Crippen molar-refractivity contribution in [3.8, 4) is 11.8 Å². The Morgan fingerprint density at radius 1 is 0.833 bits per heavy atom. The molecule has 0 radical (unpaired) electrons. The van der Waals surface area contributed by atoms with Crippen LogP contribution >= 0.6 is 11.6 Å². The first-order valence-corrected chi connectivity index (χ1v) is 13.2. The minimum absolute atomic E-state index is 0.104. The van der Waals surface area contributed by atoms with Crippen LogP contribution in [0.1, 0.15) is 55.2 Å². The number of anilines is 1. The molecule has 0 saturated heterocycles. The van der Waals surface area contributed by atoms with E-state index in [4.69, 9.17) is 21.1 Å². The molecule has 0 fully saturated rings. The third-order valence-electron chi connectivity index (χ3n) is 5.85. The van der Waals surface area contributed by atoms with Gasteiger partial charge in [0.1, 0.15) is 0 Å². The lowest BCUT2D eigenvalue weighted by Crippen LogP contribution is -2.34. The highest BCUT2D eigenvalue weighted by atomic mass is 35.5. The second kappa shape index (κ2) is 16.0. The second-order valence-electron chi connectivity index (χ2n) is 8.58. The van der Waals surface area contributed by atoms with E-state index in [1.165, 1.54) is 0 Å². The molecule has 3 rings (SSSR count). The third-order valence-corrected chi connectivity index (χ3v) is 6.12. The molecular formula is C29H35ClN2O4. The number of carbonyl (C=O) groups is 2. The van der Waals surface area contributed by atoms with Gasteiger partial charge >= 0.3 is 0 Å². The van der Waals surface area contributed by atoms with Crippen molar-refractivity contribution in [1.29, 1.82) is 0 Å². The van der Waals surface area contributed by atoms with Crippen molar-refractivity contribution in [3.63, 3.8) is 0 Å². The Morgan fingerprint density at radius 3 is 2.36 bits per heavy atom. The molecule has 0 aliphatic carbocycles. The molecule has 0 atom stereocenters. The zero-order chi connectivity index (χ0) is 25.4. The van der Waals surface area contributed by atoms with Gasteiger partial charge in [-0.3, -0.25) is 9.59 Å². The van der Waals surface area contributed by atoms with Crippen LogP contribution in [0.3, 0.4) is 0 Å². The lowest BCUT2D eigenvalue weighted by molar-refractivity contribution is -0.125. The van der Waals surface area contributed by atoms with Crippen LogP contribution in [0.25, 0.3) is 0 Å². The van der Waals surface area contributed by atoms with Crippen LogP contribution in [-0.2, 0) is 25.6 Å². The molecule has 0 unspecified atom stereocenters. The fourth-order valence-electron chi connectivity index (χ4n) is 3.89. The van der Waals surface area contributed by atoms with Gasteiger partial charge in [-0.15, -0.1) is 11.6 Å². The highest BCUT2D eigenvalue weighted by Gasteiger charge is 2.21. The van der Waals surface area contributed by atoms with Gasteiger partial charge in [-0.05, 0) is 36.6 Å². The van der Waals surface area contributed by atoms with Gasteiger partial charge in [0.05, 0.1) is 32.1 Å². The summed E-state index contributed by atoms with van der Waals surface area (Å²) in [6.45, 7) is 3.01. The van der Waals surface area contributed by atoms with Gasteiger partial charge in [-0.25, -0.2) is 0 Å². The summed E-state index contributed by atoms with van der Waals surface area (Å²) < 4.78 is 11.0. The summed E-state index contributed by atoms with van der Waals surface area (Å²) in [6.07, 6.45) is 4.61. The molecule has 1 heterocycles. The minimum atomic E-state index is -0.166. The number of para-hydroxylation sites is 1. The Kier molecular flexibility index (Phi) is 12.3. The van der Waals surface area contributed by atoms with Gasteiger partial charge in [0.2, 0.25) is 11.8 Å². The summed E-state index contributed by atoms with van der Waals surface area (Å²) in [4.78, 5) is 27.2. The number of alkyl halides is 1. The zero-order valence-corrected chi connectivity index (χ0v) is 21.5. The van der Waals surface area contributed by atoms with E-state index in [2.05, 4.69) is 17.2 Å². The molecule has 0 bridgehead atoms. The largest absolute Gasteiger partial charge is 0.379 e. The van der Waals surface area contributed by atoms with Crippen molar-refractivity contribution >= 4 is 29.1 Å². The number of carbonyl (C=O) groups excluding carboxylic acids is 2. The van der Waals surface area contributed by atoms with Crippen molar-refractivity contribution in [2.45, 2.75) is 45.1 Å². The highest BCUT2D eigenvalue weighted by molar-refractivity contribution is 6.17. The van der Waals surface area contributed by atoms with Gasteiger partial charge in [0, 0.05) is 43.0 Å². The molecule has 6 nitrogen and oxygen atoms in total. The van der Waals surface area contributed by atoms with Gasteiger partial charge in [0.25, 0.3) is 0 Å². The van der Waals surface area contributed by atoms with Crippen LogP contribution in [0.5, 0.6) is 0 Å². The van der Waals surface area contributed by atoms with Gasteiger partial charge in [0.15, 0.2) is 0 Å². The topological polar surface area (TPSA) is 67.9 Å². The van der Waals surface area contributed by atoms with E-state index in [-0.39, 0.29) is 24.7 Å². The number of ether oxygens (including phenoxy) is 2. The summed E-state index contributed by atoms with van der Waals surface area (Å²) >= 11 is 5.66. The average molecular weight is 511 g/mol. The Labute approximate surface area is 219 Å². The van der Waals surface area contributed by atoms with E-state index in [1.54, 1.807) is 4.90 Å². The van der Waals surface area contributed by atoms with Crippen LogP contribution in [-0.4, -0.2) is 50.7 Å². The number of halogens is 1. The second-order valence-corrected chi connectivity index (χ2v) is 8.96. The molecule has 36 heavy (non-hydrogen) atoms. The molecule has 1 aliphatic heterocycles. The first-order chi connectivity index (χ1) is 17.7. The summed E-state index contributed by atoms with van der Waals surface area (Å²) in [5.74, 6) is 6.85. The van der Waals surface area contributed by atoms with Crippen LogP contribution in [0.15, 0.2) is 48.5 Å². The highest BCUT2D eigenvalue weighted by Crippen LogP contribution is 2.26. The van der Waals surface area contributed by atoms with E-state index in [9.17, 15) is 9.59 Å². The molecule has 0 saturated carbocycles. The lowest BCUT2D eigenvalue weighted by atomic mass is 10.0. The summed E-state index contributed by atoms with van der Waals surface area (Å²) in [5.41, 5.74) is 3.48. The normalized spacial score (nSPS) is 12.0. The molecule has 2 aromatic rings. The maximum Gasteiger partial charge on any atom is 0.227 e. The van der Waals surface area contributed by atoms with Crippen LogP contribution in [0.2, 0.25) is 0 Å². The van der Waals surface area contributed by atoms with Crippen molar-refractivity contribution in [2.75, 3.05) is 43.8 Å². The number of nitrogens with zero attached hydrogens (tertiary/aromatic N) is 1. The van der Waals surface area contributed by atoms with E-state index in [1.807, 2.05) is 48.5 Å². The lowest BCUT2D eigenvalue weighted by Gasteiger charge is -2.26. The summed E-state index contributed by atoms with van der Waals surface area (Å²) in [6, 6.07) is 15.5. The number of amides is 2. The average Bonchev–Trinajstić information content (AvgIpc) is 2.89. The van der Waals surface area contributed by atoms with E-state index >= 15 is 0 Å². The molecular weight excluding hydrogens is 476 g/mol. The molecule has 1 N–H and O–H groups in total. The van der Waals surface area contributed by atoms with E-state index in [0.29, 0.717) is 32.9 Å². The molecule has 2 aromatic carbocycles. The first-order valence-electron chi connectivity index (χ1n) is 12.7. The molecule has 7 heteroatoms. The fraction of sp³-hybridized carbons (Fsp3) is 0.448. The Balaban J connectivity index is 1.36. The number of unbranched alkanes of at least 4 members (excludes halogenated alkanes) is 3. The van der Waals surface area contributed by atoms with Crippen LogP contribution in [0.4, 0.5) is 5.69 Å². The van der Waals surface area contributed by atoms with Crippen LogP contribution < -0.4 is 10.2 Å². The number of benzene rings is 2. The predicted octanol–water partition coefficient (Wildman–Crippen LogP) is 4.66. The standard InChI is InChI=1S/C29H35ClN2O4/c30-17-7-1-2-8-19-35-21-22-36-20-18-31-28(33)15-16-29(34)32-23-26-11-4-3-9-24(26)13-14-25-10-5-6-12-27(25)32/h3-6,9-12H,1-2,7-8,15-23H2,(H,31,33). The van der Waals surface area contributed by atoms with Gasteiger partial charge in [-0.2, -0.15) is 0 Å². The Bertz CT molecular complexity index is 1050. The molecule has 2 amide bonds. The maximum absolute atomic E-state index is 13.2. The number of nitrogens with one attached hydrogen (secondary N) is 1. The fourth-order valence-corrected chi connectivity index (χ4v) is 4.08. The smallest absolute Gasteiger partial charge is 0.227 e. The van der Waals surface area contributed by atoms with E-state index in [0.717, 1.165) is 60.5 Å². The zero-order valence-electron chi connectivity index (χ0n) is 20.8. The monoisotopic (exact) mass is 510 g/mol. The molecule has 192 valence electrons. The Hall–Kier alpha value is -2.85. The van der Waals surface area contributed by atoms with Crippen molar-refractivity contribution < 1.29 is 19.1 Å². The van der Waals surface area contributed by atoms with E-state index < -0.39 is 0 Å². The summed E-state index contributed by atoms with van der Waals surface area (Å²) in [7, 11) is 0. The number of hydrogen-bond donors (Lipinski definition) is 1. The summed E-state index contributed by atoms with van der Waals surface area (Å²) in [5, 5.41) is 2.82. The molecule has 1 aliphatic rings. The van der Waals surface area contributed by atoms with Crippen molar-refractivity contribution in [1.82, 2.24) is 5.32 Å². The minimum Gasteiger partial charge on any atom is -0.379 e.